The van der Waals surface area contributed by atoms with Crippen molar-refractivity contribution < 1.29 is 23.4 Å². The summed E-state index contributed by atoms with van der Waals surface area (Å²) in [7, 11) is -2.77. The summed E-state index contributed by atoms with van der Waals surface area (Å²) in [4.78, 5) is 10.9. The molecule has 1 aromatic rings. The number of nitrogens with zero attached hydrogens (tertiary/aromatic N) is 1. The lowest BCUT2D eigenvalue weighted by Crippen LogP contribution is -2.34. The number of thiophene rings is 1. The van der Waals surface area contributed by atoms with Crippen LogP contribution in [0.25, 0.3) is 5.76 Å². The quantitative estimate of drug-likeness (QED) is 0.775. The molecule has 0 bridgehead atoms. The largest absolute Gasteiger partial charge is 0.504 e. The van der Waals surface area contributed by atoms with Crippen LogP contribution >= 0.6 is 11.3 Å². The molecular weight excluding hydrogens is 254 g/mol. The van der Waals surface area contributed by atoms with E-state index in [0.717, 1.165) is 18.4 Å². The molecule has 86 valence electrons. The van der Waals surface area contributed by atoms with Gasteiger partial charge in [-0.25, -0.2) is 13.2 Å². The van der Waals surface area contributed by atoms with Crippen molar-refractivity contribution in [3.63, 3.8) is 0 Å². The van der Waals surface area contributed by atoms with E-state index >= 15 is 0 Å². The molecule has 0 amide bonds. The Morgan fingerprint density at radius 2 is 2.12 bits per heavy atom. The molecule has 0 atom stereocenters. The number of fused-ring (bicyclic) bond motifs is 1. The molecule has 0 saturated heterocycles. The third-order valence-corrected chi connectivity index (χ3v) is 5.07. The zero-order valence-corrected chi connectivity index (χ0v) is 9.67. The van der Waals surface area contributed by atoms with Gasteiger partial charge < -0.3 is 10.2 Å². The van der Waals surface area contributed by atoms with Crippen LogP contribution in [-0.2, 0) is 14.8 Å². The standard InChI is InChI=1S/C8H7NO5S2/c1-9-5(8(11)12)6(10)7-4(2-3-15-7)16(9,13)14/h2-3,10H,1H3,(H,11,12). The predicted molar refractivity (Wildman–Crippen MR) is 56.5 cm³/mol. The zero-order valence-electron chi connectivity index (χ0n) is 8.04. The highest BCUT2D eigenvalue weighted by Gasteiger charge is 2.38. The van der Waals surface area contributed by atoms with Crippen molar-refractivity contribution in [1.82, 2.24) is 4.31 Å². The van der Waals surface area contributed by atoms with Gasteiger partial charge in [0.05, 0.1) is 4.88 Å². The topological polar surface area (TPSA) is 94.9 Å². The molecule has 2 heterocycles. The molecule has 8 heteroatoms. The number of aliphatic carboxylic acids is 1. The van der Waals surface area contributed by atoms with Crippen LogP contribution in [0.5, 0.6) is 0 Å². The van der Waals surface area contributed by atoms with Crippen molar-refractivity contribution >= 4 is 33.1 Å². The maximum Gasteiger partial charge on any atom is 0.357 e. The number of hydrogen-bond donors (Lipinski definition) is 2. The van der Waals surface area contributed by atoms with Gasteiger partial charge in [-0.2, -0.15) is 0 Å². The Labute approximate surface area is 95.1 Å². The Morgan fingerprint density at radius 3 is 2.69 bits per heavy atom. The van der Waals surface area contributed by atoms with Crippen LogP contribution < -0.4 is 0 Å². The molecule has 6 nitrogen and oxygen atoms in total. The number of rotatable bonds is 1. The first-order valence-electron chi connectivity index (χ1n) is 4.10. The average molecular weight is 261 g/mol. The molecule has 0 aromatic carbocycles. The first kappa shape index (κ1) is 11.0. The number of carbonyl (C=O) groups is 1. The van der Waals surface area contributed by atoms with Gasteiger partial charge in [0.2, 0.25) is 0 Å². The highest BCUT2D eigenvalue weighted by Crippen LogP contribution is 2.37. The molecule has 1 aliphatic heterocycles. The summed E-state index contributed by atoms with van der Waals surface area (Å²) >= 11 is 0.982. The maximum absolute atomic E-state index is 11.8. The molecule has 2 rings (SSSR count). The van der Waals surface area contributed by atoms with Crippen molar-refractivity contribution in [2.75, 3.05) is 7.05 Å². The molecule has 0 spiro atoms. The molecule has 0 fully saturated rings. The third-order valence-electron chi connectivity index (χ3n) is 2.22. The first-order valence-corrected chi connectivity index (χ1v) is 6.42. The van der Waals surface area contributed by atoms with Crippen molar-refractivity contribution in [1.29, 1.82) is 0 Å². The van der Waals surface area contributed by atoms with E-state index in [0.29, 0.717) is 4.31 Å². The van der Waals surface area contributed by atoms with Gasteiger partial charge in [0.1, 0.15) is 4.90 Å². The van der Waals surface area contributed by atoms with Crippen LogP contribution in [-0.4, -0.2) is 36.0 Å². The SMILES string of the molecule is CN1C(C(=O)O)=C(O)c2sccc2S1(=O)=O. The maximum atomic E-state index is 11.8. The minimum Gasteiger partial charge on any atom is -0.504 e. The Hall–Kier alpha value is -1.54. The molecule has 0 radical (unpaired) electrons. The van der Waals surface area contributed by atoms with Gasteiger partial charge in [-0.1, -0.05) is 0 Å². The van der Waals surface area contributed by atoms with Crippen LogP contribution in [0.3, 0.4) is 0 Å². The Kier molecular flexibility index (Phi) is 2.21. The lowest BCUT2D eigenvalue weighted by Gasteiger charge is -2.24. The summed E-state index contributed by atoms with van der Waals surface area (Å²) in [5.74, 6) is -2.00. The number of carboxylic acids is 1. The van der Waals surface area contributed by atoms with Crippen molar-refractivity contribution in [3.05, 3.63) is 22.0 Å². The van der Waals surface area contributed by atoms with Crippen molar-refractivity contribution in [2.24, 2.45) is 0 Å². The molecule has 0 unspecified atom stereocenters. The van der Waals surface area contributed by atoms with Crippen molar-refractivity contribution in [2.45, 2.75) is 4.90 Å². The molecule has 0 saturated carbocycles. The second kappa shape index (κ2) is 3.22. The minimum atomic E-state index is -3.86. The average Bonchev–Trinajstić information content (AvgIpc) is 2.64. The Bertz CT molecular complexity index is 598. The fourth-order valence-electron chi connectivity index (χ4n) is 1.43. The number of aliphatic hydroxyl groups excluding tert-OH is 1. The van der Waals surface area contributed by atoms with Gasteiger partial charge in [-0.05, 0) is 11.4 Å². The van der Waals surface area contributed by atoms with Gasteiger partial charge >= 0.3 is 5.97 Å². The molecule has 16 heavy (non-hydrogen) atoms. The zero-order chi connectivity index (χ0) is 12.1. The van der Waals surface area contributed by atoms with E-state index in [-0.39, 0.29) is 9.77 Å². The Balaban J connectivity index is 2.84. The molecule has 2 N–H and O–H groups in total. The highest BCUT2D eigenvalue weighted by atomic mass is 32.2. The van der Waals surface area contributed by atoms with Gasteiger partial charge in [-0.15, -0.1) is 11.3 Å². The van der Waals surface area contributed by atoms with E-state index < -0.39 is 27.4 Å². The van der Waals surface area contributed by atoms with E-state index in [1.807, 2.05) is 0 Å². The Morgan fingerprint density at radius 1 is 1.50 bits per heavy atom. The van der Waals surface area contributed by atoms with Gasteiger partial charge in [0.15, 0.2) is 11.5 Å². The van der Waals surface area contributed by atoms with Gasteiger partial charge in [0, 0.05) is 7.05 Å². The predicted octanol–water partition coefficient (Wildman–Crippen LogP) is 0.693. The monoisotopic (exact) mass is 261 g/mol. The normalized spacial score (nSPS) is 18.4. The second-order valence-corrected chi connectivity index (χ2v) is 5.94. The highest BCUT2D eigenvalue weighted by molar-refractivity contribution is 7.89. The first-order chi connectivity index (χ1) is 7.37. The smallest absolute Gasteiger partial charge is 0.357 e. The number of hydrogen-bond acceptors (Lipinski definition) is 5. The number of aliphatic hydroxyl groups is 1. The lowest BCUT2D eigenvalue weighted by molar-refractivity contribution is -0.133. The van der Waals surface area contributed by atoms with E-state index in [1.54, 1.807) is 0 Å². The van der Waals surface area contributed by atoms with E-state index in [4.69, 9.17) is 5.11 Å². The van der Waals surface area contributed by atoms with Crippen LogP contribution in [0.4, 0.5) is 0 Å². The minimum absolute atomic E-state index is 0.0653. The van der Waals surface area contributed by atoms with E-state index in [9.17, 15) is 18.3 Å². The number of carboxylic acid groups (broad SMARTS) is 1. The van der Waals surface area contributed by atoms with Crippen molar-refractivity contribution in [3.8, 4) is 0 Å². The fourth-order valence-corrected chi connectivity index (χ4v) is 3.98. The summed E-state index contributed by atoms with van der Waals surface area (Å²) in [5, 5.41) is 20.0. The summed E-state index contributed by atoms with van der Waals surface area (Å²) in [6.45, 7) is 0. The van der Waals surface area contributed by atoms with Crippen LogP contribution in [0.15, 0.2) is 22.0 Å². The summed E-state index contributed by atoms with van der Waals surface area (Å²) in [6, 6.07) is 1.33. The van der Waals surface area contributed by atoms with Gasteiger partial charge in [0.25, 0.3) is 10.0 Å². The van der Waals surface area contributed by atoms with Crippen LogP contribution in [0.1, 0.15) is 4.88 Å². The lowest BCUT2D eigenvalue weighted by atomic mass is 10.3. The van der Waals surface area contributed by atoms with E-state index in [1.165, 1.54) is 11.4 Å². The molecule has 1 aliphatic rings. The summed E-state index contributed by atoms with van der Waals surface area (Å²) < 4.78 is 24.3. The third kappa shape index (κ3) is 1.23. The summed E-state index contributed by atoms with van der Waals surface area (Å²) in [6.07, 6.45) is 0. The van der Waals surface area contributed by atoms with Gasteiger partial charge in [-0.3, -0.25) is 4.31 Å². The molecule has 0 aliphatic carbocycles. The molecular formula is C8H7NO5S2. The van der Waals surface area contributed by atoms with Crippen LogP contribution in [0.2, 0.25) is 0 Å². The van der Waals surface area contributed by atoms with Crippen LogP contribution in [0, 0.1) is 0 Å². The van der Waals surface area contributed by atoms with E-state index in [2.05, 4.69) is 0 Å². The molecule has 1 aromatic heterocycles. The number of likely N-dealkylation sites (N-methyl/N-ethyl adjacent to an activating group) is 1. The number of sulfonamides is 1. The second-order valence-electron chi connectivity index (χ2n) is 3.09. The fraction of sp³-hybridized carbons (Fsp3) is 0.125. The summed E-state index contributed by atoms with van der Waals surface area (Å²) in [5.41, 5.74) is -0.630.